The van der Waals surface area contributed by atoms with Crippen LogP contribution in [0.1, 0.15) is 16.8 Å². The second kappa shape index (κ2) is 7.00. The maximum atomic E-state index is 11.7. The number of carboxylic acid groups (broad SMARTS) is 1. The summed E-state index contributed by atoms with van der Waals surface area (Å²) in [4.78, 5) is 23.4. The Bertz CT molecular complexity index is 420. The summed E-state index contributed by atoms with van der Waals surface area (Å²) in [6, 6.07) is 7.05. The first-order valence-corrected chi connectivity index (χ1v) is 6.28. The van der Waals surface area contributed by atoms with Crippen molar-refractivity contribution in [3.63, 3.8) is 0 Å². The summed E-state index contributed by atoms with van der Waals surface area (Å²) in [6.07, 6.45) is -0.375. The SMILES string of the molecule is CN(CCCNC(=O)c1ccc(Br)cc1)C(=O)O. The average molecular weight is 315 g/mol. The van der Waals surface area contributed by atoms with Crippen molar-refractivity contribution in [3.8, 4) is 0 Å². The molecule has 0 unspecified atom stereocenters. The van der Waals surface area contributed by atoms with Crippen molar-refractivity contribution >= 4 is 27.9 Å². The number of halogens is 1. The van der Waals surface area contributed by atoms with Crippen molar-refractivity contribution in [2.45, 2.75) is 6.42 Å². The summed E-state index contributed by atoms with van der Waals surface area (Å²) in [6.45, 7) is 0.850. The molecule has 0 bridgehead atoms. The Morgan fingerprint density at radius 2 is 1.94 bits per heavy atom. The fourth-order valence-corrected chi connectivity index (χ4v) is 1.58. The van der Waals surface area contributed by atoms with Crippen molar-refractivity contribution < 1.29 is 14.7 Å². The zero-order valence-corrected chi connectivity index (χ0v) is 11.6. The number of nitrogens with zero attached hydrogens (tertiary/aromatic N) is 1. The van der Waals surface area contributed by atoms with E-state index in [9.17, 15) is 9.59 Å². The van der Waals surface area contributed by atoms with Crippen LogP contribution in [0.5, 0.6) is 0 Å². The van der Waals surface area contributed by atoms with Gasteiger partial charge in [-0.2, -0.15) is 0 Å². The third-order valence-corrected chi connectivity index (χ3v) is 2.92. The molecular formula is C12H15BrN2O3. The zero-order valence-electron chi connectivity index (χ0n) is 10.0. The van der Waals surface area contributed by atoms with E-state index >= 15 is 0 Å². The van der Waals surface area contributed by atoms with Gasteiger partial charge in [0.25, 0.3) is 5.91 Å². The number of nitrogens with one attached hydrogen (secondary N) is 1. The van der Waals surface area contributed by atoms with Gasteiger partial charge in [0.1, 0.15) is 0 Å². The molecule has 1 aromatic rings. The van der Waals surface area contributed by atoms with E-state index in [-0.39, 0.29) is 5.91 Å². The molecule has 0 saturated heterocycles. The van der Waals surface area contributed by atoms with Gasteiger partial charge in [-0.15, -0.1) is 0 Å². The van der Waals surface area contributed by atoms with Crippen LogP contribution in [0.4, 0.5) is 4.79 Å². The van der Waals surface area contributed by atoms with Gasteiger partial charge in [0, 0.05) is 30.2 Å². The molecule has 18 heavy (non-hydrogen) atoms. The van der Waals surface area contributed by atoms with Crippen molar-refractivity contribution in [2.24, 2.45) is 0 Å². The van der Waals surface area contributed by atoms with Crippen molar-refractivity contribution in [3.05, 3.63) is 34.3 Å². The molecule has 0 aliphatic carbocycles. The minimum Gasteiger partial charge on any atom is -0.465 e. The van der Waals surface area contributed by atoms with E-state index in [4.69, 9.17) is 5.11 Å². The predicted molar refractivity (Wildman–Crippen MR) is 71.7 cm³/mol. The summed E-state index contributed by atoms with van der Waals surface area (Å²) in [5.41, 5.74) is 0.588. The normalized spacial score (nSPS) is 9.89. The predicted octanol–water partition coefficient (Wildman–Crippen LogP) is 2.18. The standard InChI is InChI=1S/C12H15BrN2O3/c1-15(12(17)18)8-2-7-14-11(16)9-3-5-10(13)6-4-9/h3-6H,2,7-8H2,1H3,(H,14,16)(H,17,18). The number of amides is 2. The van der Waals surface area contributed by atoms with E-state index in [1.165, 1.54) is 11.9 Å². The quantitative estimate of drug-likeness (QED) is 0.818. The fourth-order valence-electron chi connectivity index (χ4n) is 1.32. The molecule has 0 saturated carbocycles. The molecule has 1 aromatic carbocycles. The number of hydrogen-bond acceptors (Lipinski definition) is 2. The third-order valence-electron chi connectivity index (χ3n) is 2.39. The number of rotatable bonds is 5. The van der Waals surface area contributed by atoms with Gasteiger partial charge in [0.05, 0.1) is 0 Å². The maximum Gasteiger partial charge on any atom is 0.407 e. The van der Waals surface area contributed by atoms with Crippen LogP contribution in [0, 0.1) is 0 Å². The average Bonchev–Trinajstić information content (AvgIpc) is 2.34. The van der Waals surface area contributed by atoms with Gasteiger partial charge < -0.3 is 15.3 Å². The molecule has 0 spiro atoms. The number of carbonyl (C=O) groups is 2. The van der Waals surface area contributed by atoms with E-state index in [0.717, 1.165) is 4.47 Å². The summed E-state index contributed by atoms with van der Waals surface area (Å²) in [7, 11) is 1.50. The molecule has 0 aliphatic heterocycles. The second-order valence-corrected chi connectivity index (χ2v) is 4.74. The van der Waals surface area contributed by atoms with Gasteiger partial charge >= 0.3 is 6.09 Å². The Morgan fingerprint density at radius 3 is 2.50 bits per heavy atom. The monoisotopic (exact) mass is 314 g/mol. The molecule has 98 valence electrons. The van der Waals surface area contributed by atoms with Crippen LogP contribution < -0.4 is 5.32 Å². The van der Waals surface area contributed by atoms with Crippen molar-refractivity contribution in [2.75, 3.05) is 20.1 Å². The highest BCUT2D eigenvalue weighted by Crippen LogP contribution is 2.10. The first-order chi connectivity index (χ1) is 8.50. The second-order valence-electron chi connectivity index (χ2n) is 3.82. The molecular weight excluding hydrogens is 300 g/mol. The molecule has 6 heteroatoms. The third kappa shape index (κ3) is 4.75. The minimum absolute atomic E-state index is 0.152. The van der Waals surface area contributed by atoms with Crippen molar-refractivity contribution in [1.82, 2.24) is 10.2 Å². The molecule has 0 heterocycles. The van der Waals surface area contributed by atoms with E-state index in [1.807, 2.05) is 0 Å². The molecule has 2 amide bonds. The largest absolute Gasteiger partial charge is 0.465 e. The Morgan fingerprint density at radius 1 is 1.33 bits per heavy atom. The Labute approximate surface area is 114 Å². The lowest BCUT2D eigenvalue weighted by molar-refractivity contribution is 0.0952. The van der Waals surface area contributed by atoms with Gasteiger partial charge in [0.2, 0.25) is 0 Å². The molecule has 0 fully saturated rings. The lowest BCUT2D eigenvalue weighted by Crippen LogP contribution is -2.30. The van der Waals surface area contributed by atoms with Gasteiger partial charge in [0.15, 0.2) is 0 Å². The molecule has 0 aromatic heterocycles. The summed E-state index contributed by atoms with van der Waals surface area (Å²) in [5, 5.41) is 11.4. The highest BCUT2D eigenvalue weighted by molar-refractivity contribution is 9.10. The van der Waals surface area contributed by atoms with E-state index in [0.29, 0.717) is 25.1 Å². The summed E-state index contributed by atoms with van der Waals surface area (Å²) in [5.74, 6) is -0.152. The van der Waals surface area contributed by atoms with Crippen LogP contribution in [-0.4, -0.2) is 42.1 Å². The van der Waals surface area contributed by atoms with Gasteiger partial charge in [-0.1, -0.05) is 15.9 Å². The highest BCUT2D eigenvalue weighted by Gasteiger charge is 2.06. The summed E-state index contributed by atoms with van der Waals surface area (Å²) < 4.78 is 0.919. The van der Waals surface area contributed by atoms with Gasteiger partial charge in [-0.3, -0.25) is 4.79 Å². The number of carbonyl (C=O) groups excluding carboxylic acids is 1. The lowest BCUT2D eigenvalue weighted by Gasteiger charge is -2.12. The first kappa shape index (κ1) is 14.5. The molecule has 2 N–H and O–H groups in total. The molecule has 5 nitrogen and oxygen atoms in total. The summed E-state index contributed by atoms with van der Waals surface area (Å²) >= 11 is 3.30. The minimum atomic E-state index is -0.964. The van der Waals surface area contributed by atoms with E-state index in [2.05, 4.69) is 21.2 Å². The highest BCUT2D eigenvalue weighted by atomic mass is 79.9. The Hall–Kier alpha value is -1.56. The van der Waals surface area contributed by atoms with Gasteiger partial charge in [-0.25, -0.2) is 4.79 Å². The lowest BCUT2D eigenvalue weighted by atomic mass is 10.2. The Balaban J connectivity index is 2.29. The first-order valence-electron chi connectivity index (χ1n) is 5.48. The maximum absolute atomic E-state index is 11.7. The van der Waals surface area contributed by atoms with Crippen LogP contribution in [0.15, 0.2) is 28.7 Å². The van der Waals surface area contributed by atoms with E-state index < -0.39 is 6.09 Å². The van der Waals surface area contributed by atoms with Crippen LogP contribution >= 0.6 is 15.9 Å². The zero-order chi connectivity index (χ0) is 13.5. The number of hydrogen-bond donors (Lipinski definition) is 2. The molecule has 0 atom stereocenters. The molecule has 0 aliphatic rings. The Kier molecular flexibility index (Phi) is 5.64. The molecule has 1 rings (SSSR count). The van der Waals surface area contributed by atoms with Crippen LogP contribution in [-0.2, 0) is 0 Å². The number of benzene rings is 1. The van der Waals surface area contributed by atoms with Crippen LogP contribution in [0.25, 0.3) is 0 Å². The van der Waals surface area contributed by atoms with Crippen molar-refractivity contribution in [1.29, 1.82) is 0 Å². The van der Waals surface area contributed by atoms with Crippen LogP contribution in [0.3, 0.4) is 0 Å². The molecule has 0 radical (unpaired) electrons. The fraction of sp³-hybridized carbons (Fsp3) is 0.333. The topological polar surface area (TPSA) is 69.6 Å². The van der Waals surface area contributed by atoms with E-state index in [1.54, 1.807) is 24.3 Å². The van der Waals surface area contributed by atoms with Crippen LogP contribution in [0.2, 0.25) is 0 Å². The van der Waals surface area contributed by atoms with Gasteiger partial charge in [-0.05, 0) is 30.7 Å². The smallest absolute Gasteiger partial charge is 0.407 e.